The van der Waals surface area contributed by atoms with Crippen molar-refractivity contribution in [2.24, 2.45) is 5.92 Å². The van der Waals surface area contributed by atoms with Gasteiger partial charge in [0.05, 0.1) is 26.2 Å². The van der Waals surface area contributed by atoms with Crippen molar-refractivity contribution in [2.75, 3.05) is 33.9 Å². The number of ether oxygens (including phenoxy) is 3. The molecule has 3 rings (SSSR count). The van der Waals surface area contributed by atoms with Crippen LogP contribution >= 0.6 is 0 Å². The summed E-state index contributed by atoms with van der Waals surface area (Å²) in [6.45, 7) is 7.34. The normalized spacial score (nSPS) is 22.0. The van der Waals surface area contributed by atoms with Crippen LogP contribution in [-0.2, 0) is 9.53 Å². The number of hydrogen-bond donors (Lipinski definition) is 0. The number of carbonyl (C=O) groups excluding carboxylic acids is 2. The third-order valence-electron chi connectivity index (χ3n) is 5.76. The lowest BCUT2D eigenvalue weighted by molar-refractivity contribution is -0.138. The standard InChI is InChI=1S/C23H34N2O5/c1-23(2,3)30-22(27)24-12-6-8-16(15-24)21(26)25-13-7-9-19(25)18-11-10-17(28-4)14-20(18)29-5/h10-11,14,16,19H,6-9,12-13,15H2,1-5H3/t16-,19+/m1/s1. The van der Waals surface area contributed by atoms with E-state index in [0.29, 0.717) is 13.1 Å². The van der Waals surface area contributed by atoms with Gasteiger partial charge in [-0.2, -0.15) is 0 Å². The molecule has 0 bridgehead atoms. The van der Waals surface area contributed by atoms with Crippen LogP contribution in [0.25, 0.3) is 0 Å². The number of amides is 2. The zero-order valence-electron chi connectivity index (χ0n) is 18.8. The van der Waals surface area contributed by atoms with Gasteiger partial charge in [0.1, 0.15) is 17.1 Å². The third-order valence-corrected chi connectivity index (χ3v) is 5.76. The van der Waals surface area contributed by atoms with Gasteiger partial charge in [0.2, 0.25) is 5.91 Å². The average Bonchev–Trinajstić information content (AvgIpc) is 3.21. The number of piperidine rings is 1. The van der Waals surface area contributed by atoms with Crippen LogP contribution in [0.4, 0.5) is 4.79 Å². The molecule has 0 unspecified atom stereocenters. The summed E-state index contributed by atoms with van der Waals surface area (Å²) in [7, 11) is 3.26. The number of carbonyl (C=O) groups is 2. The van der Waals surface area contributed by atoms with Gasteiger partial charge in [-0.25, -0.2) is 4.79 Å². The van der Waals surface area contributed by atoms with Crippen LogP contribution in [0.5, 0.6) is 11.5 Å². The molecule has 2 amide bonds. The Morgan fingerprint density at radius 3 is 2.43 bits per heavy atom. The Morgan fingerprint density at radius 2 is 1.77 bits per heavy atom. The van der Waals surface area contributed by atoms with Crippen LogP contribution < -0.4 is 9.47 Å². The summed E-state index contributed by atoms with van der Waals surface area (Å²) in [5, 5.41) is 0. The van der Waals surface area contributed by atoms with Crippen molar-refractivity contribution in [2.45, 2.75) is 58.1 Å². The highest BCUT2D eigenvalue weighted by Gasteiger charge is 2.38. The molecular formula is C23H34N2O5. The van der Waals surface area contributed by atoms with Crippen molar-refractivity contribution in [3.05, 3.63) is 23.8 Å². The molecule has 2 saturated heterocycles. The summed E-state index contributed by atoms with van der Waals surface area (Å²) in [6, 6.07) is 5.74. The van der Waals surface area contributed by atoms with Gasteiger partial charge in [0.15, 0.2) is 0 Å². The molecule has 2 fully saturated rings. The van der Waals surface area contributed by atoms with E-state index >= 15 is 0 Å². The summed E-state index contributed by atoms with van der Waals surface area (Å²) >= 11 is 0. The van der Waals surface area contributed by atoms with E-state index < -0.39 is 5.60 Å². The molecule has 1 aromatic carbocycles. The van der Waals surface area contributed by atoms with Gasteiger partial charge >= 0.3 is 6.09 Å². The number of likely N-dealkylation sites (tertiary alicyclic amines) is 2. The number of methoxy groups -OCH3 is 2. The van der Waals surface area contributed by atoms with Gasteiger partial charge in [-0.05, 0) is 58.6 Å². The third kappa shape index (κ3) is 4.99. The van der Waals surface area contributed by atoms with Crippen LogP contribution in [0.3, 0.4) is 0 Å². The van der Waals surface area contributed by atoms with E-state index in [9.17, 15) is 9.59 Å². The van der Waals surface area contributed by atoms with Crippen molar-refractivity contribution in [1.29, 1.82) is 0 Å². The maximum absolute atomic E-state index is 13.4. The number of rotatable bonds is 4. The Morgan fingerprint density at radius 1 is 1.03 bits per heavy atom. The smallest absolute Gasteiger partial charge is 0.410 e. The van der Waals surface area contributed by atoms with Gasteiger partial charge in [0, 0.05) is 31.3 Å². The second kappa shape index (κ2) is 9.14. The second-order valence-corrected chi connectivity index (χ2v) is 9.06. The Labute approximate surface area is 179 Å². The van der Waals surface area contributed by atoms with E-state index in [1.54, 1.807) is 19.1 Å². The Balaban J connectivity index is 1.73. The number of nitrogens with zero attached hydrogens (tertiary/aromatic N) is 2. The van der Waals surface area contributed by atoms with Gasteiger partial charge in [-0.15, -0.1) is 0 Å². The predicted molar refractivity (Wildman–Crippen MR) is 114 cm³/mol. The summed E-state index contributed by atoms with van der Waals surface area (Å²) in [6.07, 6.45) is 3.11. The highest BCUT2D eigenvalue weighted by Crippen LogP contribution is 2.40. The molecule has 2 aliphatic rings. The van der Waals surface area contributed by atoms with Crippen molar-refractivity contribution >= 4 is 12.0 Å². The topological polar surface area (TPSA) is 68.3 Å². The molecule has 166 valence electrons. The van der Waals surface area contributed by atoms with E-state index in [4.69, 9.17) is 14.2 Å². The summed E-state index contributed by atoms with van der Waals surface area (Å²) in [5.74, 6) is 1.38. The molecule has 1 aromatic rings. The zero-order chi connectivity index (χ0) is 21.9. The van der Waals surface area contributed by atoms with Crippen LogP contribution in [0, 0.1) is 5.92 Å². The van der Waals surface area contributed by atoms with Crippen molar-refractivity contribution in [1.82, 2.24) is 9.80 Å². The van der Waals surface area contributed by atoms with E-state index in [1.165, 1.54) is 0 Å². The summed E-state index contributed by atoms with van der Waals surface area (Å²) in [5.41, 5.74) is 0.461. The summed E-state index contributed by atoms with van der Waals surface area (Å²) < 4.78 is 16.4. The zero-order valence-corrected chi connectivity index (χ0v) is 18.8. The first kappa shape index (κ1) is 22.2. The summed E-state index contributed by atoms with van der Waals surface area (Å²) in [4.78, 5) is 29.6. The molecule has 30 heavy (non-hydrogen) atoms. The minimum atomic E-state index is -0.543. The molecule has 0 N–H and O–H groups in total. The Bertz CT molecular complexity index is 773. The average molecular weight is 419 g/mol. The largest absolute Gasteiger partial charge is 0.497 e. The molecule has 0 spiro atoms. The van der Waals surface area contributed by atoms with Gasteiger partial charge in [-0.1, -0.05) is 0 Å². The SMILES string of the molecule is COc1ccc([C@@H]2CCCN2C(=O)[C@@H]2CCCN(C(=O)OC(C)(C)C)C2)c(OC)c1. The molecule has 0 saturated carbocycles. The maximum atomic E-state index is 13.4. The minimum absolute atomic E-state index is 0.0183. The lowest BCUT2D eigenvalue weighted by atomic mass is 9.95. The van der Waals surface area contributed by atoms with Crippen LogP contribution in [0.15, 0.2) is 18.2 Å². The van der Waals surface area contributed by atoms with Crippen LogP contribution in [0.2, 0.25) is 0 Å². The van der Waals surface area contributed by atoms with E-state index in [2.05, 4.69) is 0 Å². The molecule has 0 aromatic heterocycles. The minimum Gasteiger partial charge on any atom is -0.497 e. The molecule has 2 aliphatic heterocycles. The quantitative estimate of drug-likeness (QED) is 0.739. The first-order valence-electron chi connectivity index (χ1n) is 10.7. The van der Waals surface area contributed by atoms with E-state index in [0.717, 1.165) is 49.3 Å². The van der Waals surface area contributed by atoms with E-state index in [1.807, 2.05) is 43.9 Å². The van der Waals surface area contributed by atoms with Crippen molar-refractivity contribution in [3.8, 4) is 11.5 Å². The first-order valence-corrected chi connectivity index (χ1v) is 10.7. The number of hydrogen-bond acceptors (Lipinski definition) is 5. The molecular weight excluding hydrogens is 384 g/mol. The van der Waals surface area contributed by atoms with E-state index in [-0.39, 0.29) is 24.0 Å². The Kier molecular flexibility index (Phi) is 6.78. The lowest BCUT2D eigenvalue weighted by Gasteiger charge is -2.36. The van der Waals surface area contributed by atoms with Gasteiger partial charge in [-0.3, -0.25) is 4.79 Å². The van der Waals surface area contributed by atoms with Crippen molar-refractivity contribution in [3.63, 3.8) is 0 Å². The van der Waals surface area contributed by atoms with Crippen molar-refractivity contribution < 1.29 is 23.8 Å². The van der Waals surface area contributed by atoms with Crippen LogP contribution in [0.1, 0.15) is 58.1 Å². The highest BCUT2D eigenvalue weighted by atomic mass is 16.6. The fourth-order valence-corrected chi connectivity index (χ4v) is 4.35. The molecule has 2 heterocycles. The fraction of sp³-hybridized carbons (Fsp3) is 0.652. The highest BCUT2D eigenvalue weighted by molar-refractivity contribution is 5.81. The Hall–Kier alpha value is -2.44. The maximum Gasteiger partial charge on any atom is 0.410 e. The number of benzene rings is 1. The first-order chi connectivity index (χ1) is 14.2. The predicted octanol–water partition coefficient (Wildman–Crippen LogP) is 4.01. The molecule has 0 radical (unpaired) electrons. The molecule has 0 aliphatic carbocycles. The second-order valence-electron chi connectivity index (χ2n) is 9.06. The van der Waals surface area contributed by atoms with Gasteiger partial charge in [0.25, 0.3) is 0 Å². The molecule has 7 heteroatoms. The fourth-order valence-electron chi connectivity index (χ4n) is 4.35. The molecule has 2 atom stereocenters. The monoisotopic (exact) mass is 418 g/mol. The lowest BCUT2D eigenvalue weighted by Crippen LogP contribution is -2.47. The van der Waals surface area contributed by atoms with Gasteiger partial charge < -0.3 is 24.0 Å². The molecule has 7 nitrogen and oxygen atoms in total. The van der Waals surface area contributed by atoms with Crippen LogP contribution in [-0.4, -0.2) is 61.3 Å².